The number of nitrogens with one attached hydrogen (secondary N) is 1. The summed E-state index contributed by atoms with van der Waals surface area (Å²) in [4.78, 5) is 12.8. The van der Waals surface area contributed by atoms with Crippen LogP contribution < -0.4 is 10.1 Å². The number of anilines is 1. The van der Waals surface area contributed by atoms with E-state index in [2.05, 4.69) is 10.4 Å². The van der Waals surface area contributed by atoms with Gasteiger partial charge in [0.2, 0.25) is 0 Å². The van der Waals surface area contributed by atoms with Gasteiger partial charge >= 0.3 is 0 Å². The molecule has 5 heteroatoms. The van der Waals surface area contributed by atoms with E-state index in [1.165, 1.54) is 0 Å². The highest BCUT2D eigenvalue weighted by Crippen LogP contribution is 2.28. The number of carbonyl (C=O) groups is 1. The molecule has 0 radical (unpaired) electrons. The molecule has 1 heterocycles. The summed E-state index contributed by atoms with van der Waals surface area (Å²) in [5.74, 6) is 1.07. The molecule has 4 rings (SSSR count). The Bertz CT molecular complexity index is 1090. The highest BCUT2D eigenvalue weighted by Gasteiger charge is 2.14. The number of fused-ring (bicyclic) bond motifs is 1. The maximum absolute atomic E-state index is 12.8. The monoisotopic (exact) mass is 357 g/mol. The zero-order valence-corrected chi connectivity index (χ0v) is 14.9. The molecule has 0 fully saturated rings. The number of benzene rings is 3. The fraction of sp³-hybridized carbons (Fsp3) is 0.0909. The topological polar surface area (TPSA) is 56.1 Å². The zero-order chi connectivity index (χ0) is 18.6. The molecule has 4 aromatic rings. The van der Waals surface area contributed by atoms with Gasteiger partial charge in [0, 0.05) is 23.2 Å². The van der Waals surface area contributed by atoms with Crippen LogP contribution in [0.4, 0.5) is 5.82 Å². The van der Waals surface area contributed by atoms with Gasteiger partial charge in [-0.25, -0.2) is 0 Å². The van der Waals surface area contributed by atoms with Crippen molar-refractivity contribution in [3.63, 3.8) is 0 Å². The van der Waals surface area contributed by atoms with Crippen LogP contribution in [0.15, 0.2) is 79.0 Å². The van der Waals surface area contributed by atoms with E-state index >= 15 is 0 Å². The van der Waals surface area contributed by atoms with Gasteiger partial charge in [-0.2, -0.15) is 5.10 Å². The SMILES string of the molecule is COc1ccc(C(=O)Nc2ccn(Cc3ccccc3)n2)c2ccccc12. The molecule has 0 unspecified atom stereocenters. The first-order chi connectivity index (χ1) is 13.2. The van der Waals surface area contributed by atoms with Gasteiger partial charge in [-0.1, -0.05) is 54.6 Å². The lowest BCUT2D eigenvalue weighted by Gasteiger charge is -2.10. The van der Waals surface area contributed by atoms with Crippen molar-refractivity contribution in [3.8, 4) is 5.75 Å². The summed E-state index contributed by atoms with van der Waals surface area (Å²) in [6.07, 6.45) is 1.86. The lowest BCUT2D eigenvalue weighted by molar-refractivity contribution is 0.102. The molecule has 1 amide bonds. The number of methoxy groups -OCH3 is 1. The summed E-state index contributed by atoms with van der Waals surface area (Å²) in [5, 5.41) is 9.08. The Kier molecular flexibility index (Phi) is 4.58. The molecule has 3 aromatic carbocycles. The summed E-state index contributed by atoms with van der Waals surface area (Å²) in [6, 6.07) is 23.2. The average Bonchev–Trinajstić information content (AvgIpc) is 3.14. The van der Waals surface area contributed by atoms with Crippen LogP contribution in [0, 0.1) is 0 Å². The molecule has 0 spiro atoms. The summed E-state index contributed by atoms with van der Waals surface area (Å²) in [6.45, 7) is 0.655. The third-order valence-electron chi connectivity index (χ3n) is 4.42. The Morgan fingerprint density at radius 3 is 2.48 bits per heavy atom. The van der Waals surface area contributed by atoms with E-state index in [1.54, 1.807) is 23.9 Å². The molecule has 1 aromatic heterocycles. The largest absolute Gasteiger partial charge is 0.496 e. The van der Waals surface area contributed by atoms with E-state index in [9.17, 15) is 4.79 Å². The fourth-order valence-electron chi connectivity index (χ4n) is 3.12. The number of hydrogen-bond donors (Lipinski definition) is 1. The van der Waals surface area contributed by atoms with Crippen LogP contribution in [-0.4, -0.2) is 22.8 Å². The first-order valence-electron chi connectivity index (χ1n) is 8.69. The number of hydrogen-bond acceptors (Lipinski definition) is 3. The number of amides is 1. The van der Waals surface area contributed by atoms with E-state index in [4.69, 9.17) is 4.74 Å². The highest BCUT2D eigenvalue weighted by molar-refractivity contribution is 6.13. The number of nitrogens with zero attached hydrogens (tertiary/aromatic N) is 2. The summed E-state index contributed by atoms with van der Waals surface area (Å²) >= 11 is 0. The molecule has 0 bridgehead atoms. The maximum atomic E-state index is 12.8. The number of carbonyl (C=O) groups excluding carboxylic acids is 1. The second-order valence-electron chi connectivity index (χ2n) is 6.20. The normalized spacial score (nSPS) is 10.7. The Morgan fingerprint density at radius 1 is 0.963 bits per heavy atom. The van der Waals surface area contributed by atoms with Gasteiger partial charge in [-0.05, 0) is 23.1 Å². The second kappa shape index (κ2) is 7.33. The zero-order valence-electron chi connectivity index (χ0n) is 14.9. The Balaban J connectivity index is 1.56. The Morgan fingerprint density at radius 2 is 1.70 bits per heavy atom. The van der Waals surface area contributed by atoms with Crippen molar-refractivity contribution < 1.29 is 9.53 Å². The van der Waals surface area contributed by atoms with Crippen molar-refractivity contribution in [2.45, 2.75) is 6.54 Å². The first kappa shape index (κ1) is 16.8. The summed E-state index contributed by atoms with van der Waals surface area (Å²) in [7, 11) is 1.63. The standard InChI is InChI=1S/C22H19N3O2/c1-27-20-12-11-19(17-9-5-6-10-18(17)20)22(26)23-21-13-14-25(24-21)15-16-7-3-2-4-8-16/h2-14H,15H2,1H3,(H,23,24,26). The van der Waals surface area contributed by atoms with Crippen LogP contribution in [0.25, 0.3) is 10.8 Å². The molecule has 0 aliphatic heterocycles. The van der Waals surface area contributed by atoms with Gasteiger partial charge in [0.05, 0.1) is 13.7 Å². The van der Waals surface area contributed by atoms with Crippen LogP contribution in [0.3, 0.4) is 0 Å². The predicted octanol–water partition coefficient (Wildman–Crippen LogP) is 4.35. The van der Waals surface area contributed by atoms with Crippen LogP contribution in [0.2, 0.25) is 0 Å². The summed E-state index contributed by atoms with van der Waals surface area (Å²) in [5.41, 5.74) is 1.74. The van der Waals surface area contributed by atoms with Gasteiger partial charge in [0.15, 0.2) is 5.82 Å². The quantitative estimate of drug-likeness (QED) is 0.578. The van der Waals surface area contributed by atoms with Crippen LogP contribution in [0.1, 0.15) is 15.9 Å². The lowest BCUT2D eigenvalue weighted by atomic mass is 10.0. The second-order valence-corrected chi connectivity index (χ2v) is 6.20. The van der Waals surface area contributed by atoms with Gasteiger partial charge in [-0.15, -0.1) is 0 Å². The molecular formula is C22H19N3O2. The molecule has 27 heavy (non-hydrogen) atoms. The Hall–Kier alpha value is -3.60. The van der Waals surface area contributed by atoms with Crippen molar-refractivity contribution in [3.05, 3.63) is 90.1 Å². The van der Waals surface area contributed by atoms with E-state index in [0.717, 1.165) is 22.1 Å². The van der Waals surface area contributed by atoms with Crippen molar-refractivity contribution in [2.24, 2.45) is 0 Å². The van der Waals surface area contributed by atoms with Crippen LogP contribution in [0.5, 0.6) is 5.75 Å². The van der Waals surface area contributed by atoms with Gasteiger partial charge in [0.25, 0.3) is 5.91 Å². The van der Waals surface area contributed by atoms with Crippen molar-refractivity contribution in [1.29, 1.82) is 0 Å². The van der Waals surface area contributed by atoms with Crippen molar-refractivity contribution in [1.82, 2.24) is 9.78 Å². The van der Waals surface area contributed by atoms with Crippen molar-refractivity contribution >= 4 is 22.5 Å². The van der Waals surface area contributed by atoms with Gasteiger partial charge < -0.3 is 10.1 Å². The van der Waals surface area contributed by atoms with E-state index in [-0.39, 0.29) is 5.91 Å². The highest BCUT2D eigenvalue weighted by atomic mass is 16.5. The predicted molar refractivity (Wildman–Crippen MR) is 106 cm³/mol. The Labute approximate surface area is 157 Å². The molecule has 1 N–H and O–H groups in total. The number of ether oxygens (including phenoxy) is 1. The summed E-state index contributed by atoms with van der Waals surface area (Å²) < 4.78 is 7.20. The molecule has 0 atom stereocenters. The molecular weight excluding hydrogens is 338 g/mol. The molecule has 134 valence electrons. The molecule has 0 aliphatic carbocycles. The van der Waals surface area contributed by atoms with Gasteiger partial charge in [0.1, 0.15) is 5.75 Å². The maximum Gasteiger partial charge on any atom is 0.257 e. The first-order valence-corrected chi connectivity index (χ1v) is 8.69. The minimum atomic E-state index is -0.196. The fourth-order valence-corrected chi connectivity index (χ4v) is 3.12. The smallest absolute Gasteiger partial charge is 0.257 e. The van der Waals surface area contributed by atoms with Crippen molar-refractivity contribution in [2.75, 3.05) is 12.4 Å². The van der Waals surface area contributed by atoms with Gasteiger partial charge in [-0.3, -0.25) is 9.48 Å². The lowest BCUT2D eigenvalue weighted by Crippen LogP contribution is -2.13. The van der Waals surface area contributed by atoms with Crippen LogP contribution >= 0.6 is 0 Å². The van der Waals surface area contributed by atoms with E-state index < -0.39 is 0 Å². The minimum Gasteiger partial charge on any atom is -0.496 e. The molecule has 0 saturated heterocycles. The molecule has 5 nitrogen and oxygen atoms in total. The van der Waals surface area contributed by atoms with E-state index in [0.29, 0.717) is 17.9 Å². The minimum absolute atomic E-state index is 0.196. The van der Waals surface area contributed by atoms with E-state index in [1.807, 2.05) is 66.9 Å². The molecule has 0 saturated carbocycles. The number of aromatic nitrogens is 2. The van der Waals surface area contributed by atoms with Crippen LogP contribution in [-0.2, 0) is 6.54 Å². The third-order valence-corrected chi connectivity index (χ3v) is 4.42. The third kappa shape index (κ3) is 3.53. The molecule has 0 aliphatic rings. The number of rotatable bonds is 5. The average molecular weight is 357 g/mol.